The molecule has 0 aliphatic carbocycles. The molecule has 1 aromatic heterocycles. The number of ether oxygens (including phenoxy) is 3. The smallest absolute Gasteiger partial charge is 0.410 e. The second-order valence-corrected chi connectivity index (χ2v) is 7.25. The molecule has 0 spiro atoms. The van der Waals surface area contributed by atoms with Crippen LogP contribution in [0.5, 0.6) is 5.75 Å². The SMILES string of the molecule is O=C(OCC1CCCCO1)N1C2CCC1CC(Oc1ccncc1)C2. The summed E-state index contributed by atoms with van der Waals surface area (Å²) in [5.74, 6) is 0.852. The van der Waals surface area contributed by atoms with Gasteiger partial charge in [-0.3, -0.25) is 4.98 Å². The molecule has 0 N–H and O–H groups in total. The number of pyridine rings is 1. The Morgan fingerprint density at radius 3 is 2.60 bits per heavy atom. The van der Waals surface area contributed by atoms with E-state index in [0.717, 1.165) is 57.3 Å². The zero-order chi connectivity index (χ0) is 17.1. The minimum Gasteiger partial charge on any atom is -0.490 e. The Bertz CT molecular complexity index is 562. The van der Waals surface area contributed by atoms with Crippen LogP contribution in [0.4, 0.5) is 4.79 Å². The third-order valence-electron chi connectivity index (χ3n) is 5.52. The van der Waals surface area contributed by atoms with Crippen molar-refractivity contribution >= 4 is 6.09 Å². The van der Waals surface area contributed by atoms with Crippen molar-refractivity contribution in [3.63, 3.8) is 0 Å². The molecule has 3 saturated heterocycles. The molecular weight excluding hydrogens is 320 g/mol. The molecule has 1 aromatic rings. The topological polar surface area (TPSA) is 60.9 Å². The Labute approximate surface area is 148 Å². The van der Waals surface area contributed by atoms with E-state index in [2.05, 4.69) is 4.98 Å². The number of carbonyl (C=O) groups excluding carboxylic acids is 1. The summed E-state index contributed by atoms with van der Waals surface area (Å²) < 4.78 is 17.3. The number of carbonyl (C=O) groups is 1. The summed E-state index contributed by atoms with van der Waals surface area (Å²) in [5.41, 5.74) is 0. The molecule has 3 fully saturated rings. The van der Waals surface area contributed by atoms with E-state index in [1.165, 1.54) is 0 Å². The van der Waals surface area contributed by atoms with Crippen molar-refractivity contribution < 1.29 is 19.0 Å². The van der Waals surface area contributed by atoms with Gasteiger partial charge in [0.2, 0.25) is 0 Å². The lowest BCUT2D eigenvalue weighted by Crippen LogP contribution is -2.49. The normalized spacial score (nSPS) is 31.6. The third kappa shape index (κ3) is 3.89. The Morgan fingerprint density at radius 1 is 1.16 bits per heavy atom. The molecule has 4 rings (SSSR count). The second-order valence-electron chi connectivity index (χ2n) is 7.25. The van der Waals surface area contributed by atoms with Crippen molar-refractivity contribution in [2.45, 2.75) is 69.2 Å². The first-order valence-corrected chi connectivity index (χ1v) is 9.43. The number of fused-ring (bicyclic) bond motifs is 2. The van der Waals surface area contributed by atoms with Gasteiger partial charge in [-0.1, -0.05) is 0 Å². The molecule has 3 aliphatic heterocycles. The molecule has 3 unspecified atom stereocenters. The van der Waals surface area contributed by atoms with E-state index >= 15 is 0 Å². The van der Waals surface area contributed by atoms with Gasteiger partial charge in [0.05, 0.1) is 6.10 Å². The van der Waals surface area contributed by atoms with Crippen molar-refractivity contribution in [2.24, 2.45) is 0 Å². The highest BCUT2D eigenvalue weighted by Crippen LogP contribution is 2.37. The average Bonchev–Trinajstić information content (AvgIpc) is 2.92. The van der Waals surface area contributed by atoms with E-state index < -0.39 is 0 Å². The molecule has 4 heterocycles. The number of amides is 1. The van der Waals surface area contributed by atoms with Gasteiger partial charge in [0.15, 0.2) is 0 Å². The number of nitrogens with zero attached hydrogens (tertiary/aromatic N) is 2. The number of hydrogen-bond acceptors (Lipinski definition) is 5. The molecule has 3 atom stereocenters. The molecular formula is C19H26N2O4. The second kappa shape index (κ2) is 7.60. The number of piperidine rings is 1. The minimum absolute atomic E-state index is 0.0721. The monoisotopic (exact) mass is 346 g/mol. The largest absolute Gasteiger partial charge is 0.490 e. The van der Waals surface area contributed by atoms with Gasteiger partial charge in [0, 0.05) is 43.9 Å². The highest BCUT2D eigenvalue weighted by Gasteiger charge is 2.45. The molecule has 1 amide bonds. The minimum atomic E-state index is -0.177. The lowest BCUT2D eigenvalue weighted by molar-refractivity contribution is -0.0352. The maximum absolute atomic E-state index is 12.6. The zero-order valence-electron chi connectivity index (χ0n) is 14.5. The van der Waals surface area contributed by atoms with Crippen LogP contribution in [-0.4, -0.2) is 53.5 Å². The van der Waals surface area contributed by atoms with E-state index in [1.807, 2.05) is 17.0 Å². The molecule has 2 bridgehead atoms. The van der Waals surface area contributed by atoms with Gasteiger partial charge in [0.1, 0.15) is 18.5 Å². The van der Waals surface area contributed by atoms with Crippen LogP contribution in [0.2, 0.25) is 0 Å². The molecule has 0 aromatic carbocycles. The van der Waals surface area contributed by atoms with Crippen molar-refractivity contribution in [1.82, 2.24) is 9.88 Å². The standard InChI is InChI=1S/C19H26N2O4/c22-19(24-13-17-3-1-2-10-23-17)21-14-4-5-15(21)12-18(11-14)25-16-6-8-20-9-7-16/h6-9,14-15,17-18H,1-5,10-13H2. The third-order valence-corrected chi connectivity index (χ3v) is 5.52. The van der Waals surface area contributed by atoms with Crippen LogP contribution in [0.25, 0.3) is 0 Å². The van der Waals surface area contributed by atoms with E-state index in [0.29, 0.717) is 6.61 Å². The van der Waals surface area contributed by atoms with Gasteiger partial charge >= 0.3 is 6.09 Å². The quantitative estimate of drug-likeness (QED) is 0.838. The average molecular weight is 346 g/mol. The first-order valence-electron chi connectivity index (χ1n) is 9.43. The Kier molecular flexibility index (Phi) is 5.06. The summed E-state index contributed by atoms with van der Waals surface area (Å²) in [7, 11) is 0. The summed E-state index contributed by atoms with van der Waals surface area (Å²) in [4.78, 5) is 18.5. The molecule has 6 heteroatoms. The Balaban J connectivity index is 1.30. The molecule has 0 radical (unpaired) electrons. The first-order chi connectivity index (χ1) is 12.3. The summed E-state index contributed by atoms with van der Waals surface area (Å²) in [6.45, 7) is 1.16. The molecule has 136 valence electrons. The summed E-state index contributed by atoms with van der Waals surface area (Å²) in [6.07, 6.45) is 10.6. The van der Waals surface area contributed by atoms with Gasteiger partial charge in [-0.2, -0.15) is 0 Å². The number of rotatable bonds is 4. The van der Waals surface area contributed by atoms with Crippen LogP contribution < -0.4 is 4.74 Å². The Morgan fingerprint density at radius 2 is 1.92 bits per heavy atom. The first kappa shape index (κ1) is 16.6. The number of aromatic nitrogens is 1. The van der Waals surface area contributed by atoms with Gasteiger partial charge in [-0.15, -0.1) is 0 Å². The van der Waals surface area contributed by atoms with Crippen molar-refractivity contribution in [3.8, 4) is 5.75 Å². The molecule has 6 nitrogen and oxygen atoms in total. The van der Waals surface area contributed by atoms with Crippen LogP contribution in [0.1, 0.15) is 44.9 Å². The molecule has 0 saturated carbocycles. The van der Waals surface area contributed by atoms with Crippen LogP contribution >= 0.6 is 0 Å². The van der Waals surface area contributed by atoms with Crippen LogP contribution in [-0.2, 0) is 9.47 Å². The van der Waals surface area contributed by atoms with Gasteiger partial charge < -0.3 is 19.1 Å². The van der Waals surface area contributed by atoms with Crippen molar-refractivity contribution in [2.75, 3.05) is 13.2 Å². The summed E-state index contributed by atoms with van der Waals surface area (Å²) in [5, 5.41) is 0. The van der Waals surface area contributed by atoms with E-state index in [9.17, 15) is 4.79 Å². The van der Waals surface area contributed by atoms with Gasteiger partial charge in [-0.25, -0.2) is 4.79 Å². The molecule has 25 heavy (non-hydrogen) atoms. The summed E-state index contributed by atoms with van der Waals surface area (Å²) >= 11 is 0. The number of hydrogen-bond donors (Lipinski definition) is 0. The maximum Gasteiger partial charge on any atom is 0.410 e. The summed E-state index contributed by atoms with van der Waals surface area (Å²) in [6, 6.07) is 4.22. The van der Waals surface area contributed by atoms with Crippen molar-refractivity contribution in [3.05, 3.63) is 24.5 Å². The lowest BCUT2D eigenvalue weighted by atomic mass is 10.0. The van der Waals surface area contributed by atoms with E-state index in [-0.39, 0.29) is 30.4 Å². The zero-order valence-corrected chi connectivity index (χ0v) is 14.5. The van der Waals surface area contributed by atoms with Gasteiger partial charge in [0.25, 0.3) is 0 Å². The highest BCUT2D eigenvalue weighted by atomic mass is 16.6. The van der Waals surface area contributed by atoms with Crippen LogP contribution in [0, 0.1) is 0 Å². The van der Waals surface area contributed by atoms with Gasteiger partial charge in [-0.05, 0) is 44.2 Å². The van der Waals surface area contributed by atoms with E-state index in [4.69, 9.17) is 14.2 Å². The van der Waals surface area contributed by atoms with Crippen LogP contribution in [0.15, 0.2) is 24.5 Å². The Hall–Kier alpha value is -1.82. The van der Waals surface area contributed by atoms with E-state index in [1.54, 1.807) is 12.4 Å². The van der Waals surface area contributed by atoms with Crippen LogP contribution in [0.3, 0.4) is 0 Å². The fraction of sp³-hybridized carbons (Fsp3) is 0.684. The van der Waals surface area contributed by atoms with Crippen molar-refractivity contribution in [1.29, 1.82) is 0 Å². The highest BCUT2D eigenvalue weighted by molar-refractivity contribution is 5.69. The molecule has 3 aliphatic rings. The fourth-order valence-electron chi connectivity index (χ4n) is 4.31. The predicted molar refractivity (Wildman–Crippen MR) is 91.5 cm³/mol. The lowest BCUT2D eigenvalue weighted by Gasteiger charge is -2.38. The maximum atomic E-state index is 12.6. The predicted octanol–water partition coefficient (Wildman–Crippen LogP) is 3.16. The fourth-order valence-corrected chi connectivity index (χ4v) is 4.31.